The Morgan fingerprint density at radius 3 is 2.46 bits per heavy atom. The van der Waals surface area contributed by atoms with Gasteiger partial charge in [0.2, 0.25) is 10.0 Å². The van der Waals surface area contributed by atoms with E-state index in [1.807, 2.05) is 0 Å². The summed E-state index contributed by atoms with van der Waals surface area (Å²) in [5.74, 6) is 0.460. The molecular formula is C16H16Cl2FNO2S2. The van der Waals surface area contributed by atoms with Crippen LogP contribution in [0, 0.1) is 5.82 Å². The molecule has 0 heterocycles. The Morgan fingerprint density at radius 2 is 1.79 bits per heavy atom. The number of hydrogen-bond acceptors (Lipinski definition) is 3. The van der Waals surface area contributed by atoms with Gasteiger partial charge in [0, 0.05) is 33.7 Å². The molecule has 0 aromatic heterocycles. The SMILES string of the molecule is O=S(=O)(Cc1ccc(Cl)cc1)NCCSCc1c(F)cccc1Cl. The van der Waals surface area contributed by atoms with E-state index in [1.165, 1.54) is 17.8 Å². The lowest BCUT2D eigenvalue weighted by Crippen LogP contribution is -2.27. The summed E-state index contributed by atoms with van der Waals surface area (Å²) in [4.78, 5) is 0. The first-order valence-corrected chi connectivity index (χ1v) is 10.7. The van der Waals surface area contributed by atoms with Gasteiger partial charge in [0.1, 0.15) is 5.82 Å². The summed E-state index contributed by atoms with van der Waals surface area (Å²) in [5, 5.41) is 0.943. The van der Waals surface area contributed by atoms with Crippen LogP contribution in [-0.2, 0) is 21.5 Å². The minimum atomic E-state index is -3.42. The highest BCUT2D eigenvalue weighted by molar-refractivity contribution is 7.98. The van der Waals surface area contributed by atoms with Crippen molar-refractivity contribution in [2.45, 2.75) is 11.5 Å². The summed E-state index contributed by atoms with van der Waals surface area (Å²) in [5.41, 5.74) is 1.10. The fraction of sp³-hybridized carbons (Fsp3) is 0.250. The molecule has 0 saturated heterocycles. The molecule has 2 rings (SSSR count). The highest BCUT2D eigenvalue weighted by atomic mass is 35.5. The van der Waals surface area contributed by atoms with Gasteiger partial charge in [-0.05, 0) is 29.8 Å². The van der Waals surface area contributed by atoms with Crippen LogP contribution in [-0.4, -0.2) is 20.7 Å². The fourth-order valence-corrected chi connectivity index (χ4v) is 4.56. The first kappa shape index (κ1) is 19.5. The minimum Gasteiger partial charge on any atom is -0.214 e. The molecule has 0 saturated carbocycles. The van der Waals surface area contributed by atoms with Crippen LogP contribution in [0.2, 0.25) is 10.0 Å². The van der Waals surface area contributed by atoms with Crippen molar-refractivity contribution in [2.24, 2.45) is 0 Å². The van der Waals surface area contributed by atoms with E-state index in [-0.39, 0.29) is 18.1 Å². The third kappa shape index (κ3) is 6.26. The van der Waals surface area contributed by atoms with Crippen LogP contribution in [0.3, 0.4) is 0 Å². The molecule has 24 heavy (non-hydrogen) atoms. The van der Waals surface area contributed by atoms with Crippen LogP contribution in [0.25, 0.3) is 0 Å². The largest absolute Gasteiger partial charge is 0.215 e. The summed E-state index contributed by atoms with van der Waals surface area (Å²) < 4.78 is 40.1. The van der Waals surface area contributed by atoms with Gasteiger partial charge in [-0.3, -0.25) is 0 Å². The first-order valence-electron chi connectivity index (χ1n) is 7.10. The monoisotopic (exact) mass is 407 g/mol. The van der Waals surface area contributed by atoms with Crippen molar-refractivity contribution in [2.75, 3.05) is 12.3 Å². The second-order valence-corrected chi connectivity index (χ2v) is 8.79. The molecule has 0 aliphatic rings. The van der Waals surface area contributed by atoms with Crippen LogP contribution in [0.1, 0.15) is 11.1 Å². The molecule has 0 atom stereocenters. The quantitative estimate of drug-likeness (QED) is 0.655. The molecular weight excluding hydrogens is 392 g/mol. The summed E-state index contributed by atoms with van der Waals surface area (Å²) in [6.07, 6.45) is 0. The maximum absolute atomic E-state index is 13.6. The molecule has 1 N–H and O–H groups in total. The summed E-state index contributed by atoms with van der Waals surface area (Å²) in [6, 6.07) is 11.2. The zero-order valence-corrected chi connectivity index (χ0v) is 15.8. The number of halogens is 3. The van der Waals surface area contributed by atoms with Crippen LogP contribution in [0.15, 0.2) is 42.5 Å². The summed E-state index contributed by atoms with van der Waals surface area (Å²) in [7, 11) is -3.42. The number of thioether (sulfide) groups is 1. The van der Waals surface area contributed by atoms with E-state index < -0.39 is 10.0 Å². The smallest absolute Gasteiger partial charge is 0.214 e. The molecule has 0 bridgehead atoms. The molecule has 2 aromatic carbocycles. The van der Waals surface area contributed by atoms with Crippen LogP contribution >= 0.6 is 35.0 Å². The van der Waals surface area contributed by atoms with Crippen molar-refractivity contribution in [1.29, 1.82) is 0 Å². The Morgan fingerprint density at radius 1 is 1.08 bits per heavy atom. The number of hydrogen-bond donors (Lipinski definition) is 1. The van der Waals surface area contributed by atoms with Gasteiger partial charge < -0.3 is 0 Å². The summed E-state index contributed by atoms with van der Waals surface area (Å²) in [6.45, 7) is 0.270. The molecule has 0 fully saturated rings. The lowest BCUT2D eigenvalue weighted by Gasteiger charge is -2.08. The van der Waals surface area contributed by atoms with Gasteiger partial charge in [-0.2, -0.15) is 11.8 Å². The first-order chi connectivity index (χ1) is 11.4. The van der Waals surface area contributed by atoms with E-state index in [0.717, 1.165) is 0 Å². The second kappa shape index (κ2) is 9.06. The number of benzene rings is 2. The van der Waals surface area contributed by atoms with Gasteiger partial charge in [0.15, 0.2) is 0 Å². The summed E-state index contributed by atoms with van der Waals surface area (Å²) >= 11 is 13.1. The Balaban J connectivity index is 1.76. The lowest BCUT2D eigenvalue weighted by atomic mass is 10.2. The topological polar surface area (TPSA) is 46.2 Å². The lowest BCUT2D eigenvalue weighted by molar-refractivity contribution is 0.583. The van der Waals surface area contributed by atoms with Gasteiger partial charge in [0.25, 0.3) is 0 Å². The van der Waals surface area contributed by atoms with Gasteiger partial charge in [-0.1, -0.05) is 41.4 Å². The number of sulfonamides is 1. The van der Waals surface area contributed by atoms with Gasteiger partial charge in [-0.15, -0.1) is 0 Å². The Labute approximate surface area is 155 Å². The molecule has 0 amide bonds. The highest BCUT2D eigenvalue weighted by Crippen LogP contribution is 2.23. The van der Waals surface area contributed by atoms with E-state index in [4.69, 9.17) is 23.2 Å². The molecule has 130 valence electrons. The number of nitrogens with one attached hydrogen (secondary N) is 1. The Kier molecular flexibility index (Phi) is 7.37. The maximum atomic E-state index is 13.6. The fourth-order valence-electron chi connectivity index (χ4n) is 1.96. The van der Waals surface area contributed by atoms with Crippen molar-refractivity contribution >= 4 is 45.0 Å². The highest BCUT2D eigenvalue weighted by Gasteiger charge is 2.11. The average Bonchev–Trinajstić information content (AvgIpc) is 2.51. The van der Waals surface area contributed by atoms with Crippen LogP contribution < -0.4 is 4.72 Å². The zero-order chi connectivity index (χ0) is 17.6. The second-order valence-electron chi connectivity index (χ2n) is 5.03. The van der Waals surface area contributed by atoms with E-state index in [1.54, 1.807) is 36.4 Å². The number of rotatable bonds is 8. The van der Waals surface area contributed by atoms with Gasteiger partial charge in [0.05, 0.1) is 5.75 Å². The van der Waals surface area contributed by atoms with Crippen molar-refractivity contribution in [3.63, 3.8) is 0 Å². The van der Waals surface area contributed by atoms with E-state index in [2.05, 4.69) is 4.72 Å². The predicted molar refractivity (Wildman–Crippen MR) is 99.7 cm³/mol. The van der Waals surface area contributed by atoms with Crippen molar-refractivity contribution in [3.05, 3.63) is 69.5 Å². The molecule has 0 unspecified atom stereocenters. The van der Waals surface area contributed by atoms with Crippen molar-refractivity contribution < 1.29 is 12.8 Å². The van der Waals surface area contributed by atoms with E-state index in [9.17, 15) is 12.8 Å². The third-order valence-electron chi connectivity index (χ3n) is 3.15. The molecule has 2 aromatic rings. The van der Waals surface area contributed by atoms with Crippen LogP contribution in [0.4, 0.5) is 4.39 Å². The normalized spacial score (nSPS) is 11.6. The zero-order valence-electron chi connectivity index (χ0n) is 12.6. The average molecular weight is 408 g/mol. The van der Waals surface area contributed by atoms with Gasteiger partial charge >= 0.3 is 0 Å². The molecule has 0 aliphatic carbocycles. The van der Waals surface area contributed by atoms with Crippen molar-refractivity contribution in [1.82, 2.24) is 4.72 Å². The van der Waals surface area contributed by atoms with E-state index in [0.29, 0.717) is 32.7 Å². The Hall–Kier alpha value is -0.790. The standard InChI is InChI=1S/C16H16Cl2FNO2S2/c17-13-6-4-12(5-7-13)11-24(21,22)20-8-9-23-10-14-15(18)2-1-3-16(14)19/h1-7,20H,8-11H2. The Bertz CT molecular complexity index is 763. The molecule has 3 nitrogen and oxygen atoms in total. The maximum Gasteiger partial charge on any atom is 0.215 e. The third-order valence-corrected chi connectivity index (χ3v) is 6.10. The molecule has 0 aliphatic heterocycles. The molecule has 0 spiro atoms. The van der Waals surface area contributed by atoms with Crippen LogP contribution in [0.5, 0.6) is 0 Å². The molecule has 0 radical (unpaired) electrons. The predicted octanol–water partition coefficient (Wildman–Crippen LogP) is 4.49. The van der Waals surface area contributed by atoms with E-state index >= 15 is 0 Å². The minimum absolute atomic E-state index is 0.103. The van der Waals surface area contributed by atoms with Crippen molar-refractivity contribution in [3.8, 4) is 0 Å². The molecule has 8 heteroatoms. The van der Waals surface area contributed by atoms with Gasteiger partial charge in [-0.25, -0.2) is 17.5 Å².